The summed E-state index contributed by atoms with van der Waals surface area (Å²) in [5.74, 6) is -0.297. The number of carbonyl (C=O) groups excluding carboxylic acids is 1. The lowest BCUT2D eigenvalue weighted by atomic mass is 10.0. The van der Waals surface area contributed by atoms with Crippen molar-refractivity contribution in [1.29, 1.82) is 5.26 Å². The van der Waals surface area contributed by atoms with Crippen molar-refractivity contribution in [3.05, 3.63) is 57.4 Å². The van der Waals surface area contributed by atoms with Crippen molar-refractivity contribution < 1.29 is 14.6 Å². The van der Waals surface area contributed by atoms with Gasteiger partial charge in [-0.3, -0.25) is 14.2 Å². The third kappa shape index (κ3) is 3.21. The van der Waals surface area contributed by atoms with Gasteiger partial charge in [-0.15, -0.1) is 0 Å². The fraction of sp³-hybridized carbons (Fsp3) is 0.350. The van der Waals surface area contributed by atoms with Crippen molar-refractivity contribution in [2.75, 3.05) is 6.61 Å². The molecule has 2 aromatic rings. The number of pyridine rings is 1. The summed E-state index contributed by atoms with van der Waals surface area (Å²) in [6.45, 7) is 1.22. The molecule has 1 fully saturated rings. The molecule has 26 heavy (non-hydrogen) atoms. The van der Waals surface area contributed by atoms with Crippen LogP contribution in [0.15, 0.2) is 35.1 Å². The topological polar surface area (TPSA) is 92.3 Å². The third-order valence-electron chi connectivity index (χ3n) is 4.83. The van der Waals surface area contributed by atoms with Crippen LogP contribution >= 0.6 is 0 Å². The van der Waals surface area contributed by atoms with Crippen LogP contribution in [0.5, 0.6) is 11.6 Å². The molecule has 6 nitrogen and oxygen atoms in total. The molecular formula is C20H20N2O4. The number of carbonyl (C=O) groups is 1. The van der Waals surface area contributed by atoms with E-state index in [2.05, 4.69) is 0 Å². The number of para-hydroxylation sites is 1. The Balaban J connectivity index is 2.00. The van der Waals surface area contributed by atoms with Crippen molar-refractivity contribution in [2.45, 2.75) is 38.6 Å². The van der Waals surface area contributed by atoms with E-state index in [9.17, 15) is 20.0 Å². The van der Waals surface area contributed by atoms with E-state index in [4.69, 9.17) is 4.74 Å². The minimum Gasteiger partial charge on any atom is -0.494 e. The van der Waals surface area contributed by atoms with Crippen molar-refractivity contribution in [2.24, 2.45) is 0 Å². The van der Waals surface area contributed by atoms with E-state index in [0.29, 0.717) is 5.75 Å². The number of Topliss-reactive ketones (excluding diaryl/α,β-unsaturated/α-hetero) is 1. The Hall–Kier alpha value is -3.07. The molecule has 0 atom stereocenters. The maximum Gasteiger partial charge on any atom is 0.271 e. The lowest BCUT2D eigenvalue weighted by molar-refractivity contribution is 0.0916. The van der Waals surface area contributed by atoms with E-state index in [1.807, 2.05) is 12.1 Å². The summed E-state index contributed by atoms with van der Waals surface area (Å²) in [4.78, 5) is 25.3. The van der Waals surface area contributed by atoms with Gasteiger partial charge in [-0.05, 0) is 37.5 Å². The second-order valence-corrected chi connectivity index (χ2v) is 6.45. The molecule has 1 saturated carbocycles. The first-order chi connectivity index (χ1) is 12.5. The minimum absolute atomic E-state index is 0.0102. The Morgan fingerprint density at radius 2 is 1.96 bits per heavy atom. The highest BCUT2D eigenvalue weighted by molar-refractivity contribution is 6.01. The maximum absolute atomic E-state index is 12.7. The molecule has 1 aliphatic carbocycles. The molecule has 3 rings (SSSR count). The molecular weight excluding hydrogens is 332 g/mol. The van der Waals surface area contributed by atoms with Crippen molar-refractivity contribution in [3.63, 3.8) is 0 Å². The molecule has 134 valence electrons. The molecule has 0 saturated heterocycles. The van der Waals surface area contributed by atoms with E-state index in [1.165, 1.54) is 11.5 Å². The van der Waals surface area contributed by atoms with Gasteiger partial charge in [0.25, 0.3) is 5.56 Å². The number of benzene rings is 1. The van der Waals surface area contributed by atoms with Crippen LogP contribution in [0.1, 0.15) is 53.2 Å². The zero-order valence-corrected chi connectivity index (χ0v) is 14.6. The second kappa shape index (κ2) is 7.44. The van der Waals surface area contributed by atoms with Gasteiger partial charge in [-0.1, -0.05) is 31.0 Å². The summed E-state index contributed by atoms with van der Waals surface area (Å²) in [5.41, 5.74) is -0.442. The molecule has 0 amide bonds. The quantitative estimate of drug-likeness (QED) is 0.835. The summed E-state index contributed by atoms with van der Waals surface area (Å²) < 4.78 is 6.69. The van der Waals surface area contributed by atoms with Crippen LogP contribution in [-0.2, 0) is 0 Å². The molecule has 0 unspecified atom stereocenters. The number of aromatic hydroxyl groups is 1. The lowest BCUT2D eigenvalue weighted by Crippen LogP contribution is -2.29. The van der Waals surface area contributed by atoms with Gasteiger partial charge in [-0.25, -0.2) is 0 Å². The number of nitrogens with zero attached hydrogens (tertiary/aromatic N) is 2. The molecule has 1 aliphatic rings. The highest BCUT2D eigenvalue weighted by Gasteiger charge is 2.29. The number of nitriles is 1. The zero-order chi connectivity index (χ0) is 18.7. The van der Waals surface area contributed by atoms with E-state index >= 15 is 0 Å². The Kier molecular flexibility index (Phi) is 5.08. The fourth-order valence-electron chi connectivity index (χ4n) is 3.49. The van der Waals surface area contributed by atoms with Crippen LogP contribution in [-0.4, -0.2) is 22.1 Å². The Morgan fingerprint density at radius 3 is 2.58 bits per heavy atom. The Morgan fingerprint density at radius 1 is 1.31 bits per heavy atom. The monoisotopic (exact) mass is 352 g/mol. The predicted molar refractivity (Wildman–Crippen MR) is 95.6 cm³/mol. The number of ketones is 1. The lowest BCUT2D eigenvalue weighted by Gasteiger charge is -2.20. The van der Waals surface area contributed by atoms with Gasteiger partial charge in [0.15, 0.2) is 6.61 Å². The molecule has 1 aromatic carbocycles. The molecule has 1 aromatic heterocycles. The van der Waals surface area contributed by atoms with E-state index in [-0.39, 0.29) is 35.2 Å². The van der Waals surface area contributed by atoms with E-state index in [0.717, 1.165) is 25.7 Å². The summed E-state index contributed by atoms with van der Waals surface area (Å²) in [6, 6.07) is 10.6. The van der Waals surface area contributed by atoms with Gasteiger partial charge in [0.2, 0.25) is 11.7 Å². The molecule has 0 radical (unpaired) electrons. The Labute approximate surface area is 151 Å². The summed E-state index contributed by atoms with van der Waals surface area (Å²) in [6.07, 6.45) is 3.39. The number of ether oxygens (including phenoxy) is 1. The molecule has 1 N–H and O–H groups in total. The predicted octanol–water partition coefficient (Wildman–Crippen LogP) is 3.11. The van der Waals surface area contributed by atoms with Crippen LogP contribution in [0.3, 0.4) is 0 Å². The molecule has 0 bridgehead atoms. The van der Waals surface area contributed by atoms with Crippen molar-refractivity contribution >= 4 is 5.78 Å². The van der Waals surface area contributed by atoms with Gasteiger partial charge in [-0.2, -0.15) is 5.26 Å². The molecule has 0 spiro atoms. The summed E-state index contributed by atoms with van der Waals surface area (Å²) >= 11 is 0. The van der Waals surface area contributed by atoms with Crippen molar-refractivity contribution in [1.82, 2.24) is 4.57 Å². The smallest absolute Gasteiger partial charge is 0.271 e. The third-order valence-corrected chi connectivity index (χ3v) is 4.83. The van der Waals surface area contributed by atoms with Crippen molar-refractivity contribution in [3.8, 4) is 17.7 Å². The van der Waals surface area contributed by atoms with Gasteiger partial charge >= 0.3 is 0 Å². The largest absolute Gasteiger partial charge is 0.494 e. The minimum atomic E-state index is -0.532. The molecule has 0 aliphatic heterocycles. The normalized spacial score (nSPS) is 14.2. The number of aromatic nitrogens is 1. The van der Waals surface area contributed by atoms with Crippen LogP contribution in [0.4, 0.5) is 0 Å². The number of hydrogen-bond acceptors (Lipinski definition) is 5. The van der Waals surface area contributed by atoms with Crippen LogP contribution in [0.2, 0.25) is 0 Å². The SMILES string of the molecule is Cc1c(C(=O)COc2ccccc2)c(O)n(C2CCCC2)c(=O)c1C#N. The fourth-order valence-corrected chi connectivity index (χ4v) is 3.49. The first kappa shape index (κ1) is 17.7. The highest BCUT2D eigenvalue weighted by Crippen LogP contribution is 2.34. The van der Waals surface area contributed by atoms with Gasteiger partial charge in [0.05, 0.1) is 5.56 Å². The number of hydrogen-bond donors (Lipinski definition) is 1. The summed E-state index contributed by atoms with van der Waals surface area (Å²) in [5, 5.41) is 20.1. The van der Waals surface area contributed by atoms with E-state index in [1.54, 1.807) is 24.3 Å². The van der Waals surface area contributed by atoms with Crippen LogP contribution in [0.25, 0.3) is 0 Å². The molecule has 6 heteroatoms. The Bertz CT molecular complexity index is 920. The zero-order valence-electron chi connectivity index (χ0n) is 14.6. The average molecular weight is 352 g/mol. The van der Waals surface area contributed by atoms with Gasteiger partial charge in [0.1, 0.15) is 17.4 Å². The second-order valence-electron chi connectivity index (χ2n) is 6.45. The van der Waals surface area contributed by atoms with Gasteiger partial charge in [0, 0.05) is 6.04 Å². The van der Waals surface area contributed by atoms with Gasteiger partial charge < -0.3 is 9.84 Å². The first-order valence-corrected chi connectivity index (χ1v) is 8.63. The van der Waals surface area contributed by atoms with E-state index < -0.39 is 11.3 Å². The van der Waals surface area contributed by atoms with Crippen LogP contribution < -0.4 is 10.3 Å². The maximum atomic E-state index is 12.7. The first-order valence-electron chi connectivity index (χ1n) is 8.63. The highest BCUT2D eigenvalue weighted by atomic mass is 16.5. The standard InChI is InChI=1S/C20H20N2O4/c1-13-16(11-21)19(24)22(14-7-5-6-8-14)20(25)18(13)17(23)12-26-15-9-3-2-4-10-15/h2-4,9-10,14,25H,5-8,12H2,1H3. The average Bonchev–Trinajstić information content (AvgIpc) is 3.15. The summed E-state index contributed by atoms with van der Waals surface area (Å²) in [7, 11) is 0. The molecule has 1 heterocycles. The van der Waals surface area contributed by atoms with Crippen LogP contribution in [0, 0.1) is 18.3 Å². The number of rotatable bonds is 5.